The summed E-state index contributed by atoms with van der Waals surface area (Å²) in [6.45, 7) is 9.54. The van der Waals surface area contributed by atoms with Crippen LogP contribution < -0.4 is 10.2 Å². The lowest BCUT2D eigenvalue weighted by Crippen LogP contribution is -2.43. The largest absolute Gasteiger partial charge is 0.481 e. The van der Waals surface area contributed by atoms with E-state index in [1.165, 1.54) is 6.07 Å². The molecule has 3 aromatic carbocycles. The summed E-state index contributed by atoms with van der Waals surface area (Å²) in [7, 11) is 0. The summed E-state index contributed by atoms with van der Waals surface area (Å²) < 4.78 is 21.0. The van der Waals surface area contributed by atoms with Gasteiger partial charge >= 0.3 is 12.1 Å². The topological polar surface area (TPSA) is 78.9 Å². The monoisotopic (exact) mass is 534 g/mol. The SMILES string of the molecule is CC(C)(C)OC(=O)NC(Cc1ccc(N(Cc2ccccc2)Cc2ccccc2)c(F)c1)CC(C)(C)C(=O)O. The number of hydrogen-bond acceptors (Lipinski definition) is 4. The van der Waals surface area contributed by atoms with E-state index in [1.807, 2.05) is 71.6 Å². The first kappa shape index (κ1) is 29.7. The average molecular weight is 535 g/mol. The Balaban J connectivity index is 1.85. The van der Waals surface area contributed by atoms with Gasteiger partial charge in [-0.25, -0.2) is 9.18 Å². The lowest BCUT2D eigenvalue weighted by molar-refractivity contribution is -0.147. The third kappa shape index (κ3) is 9.43. The molecule has 0 aliphatic carbocycles. The predicted octanol–water partition coefficient (Wildman–Crippen LogP) is 6.97. The minimum absolute atomic E-state index is 0.152. The molecule has 0 spiro atoms. The Kier molecular flexibility index (Phi) is 9.73. The van der Waals surface area contributed by atoms with E-state index in [4.69, 9.17) is 4.74 Å². The molecular formula is C32H39FN2O4. The average Bonchev–Trinajstić information content (AvgIpc) is 2.83. The number of carboxylic acids is 1. The van der Waals surface area contributed by atoms with Gasteiger partial charge < -0.3 is 20.1 Å². The van der Waals surface area contributed by atoms with Crippen LogP contribution >= 0.6 is 0 Å². The van der Waals surface area contributed by atoms with Gasteiger partial charge in [0.05, 0.1) is 11.1 Å². The first-order chi connectivity index (χ1) is 18.3. The maximum absolute atomic E-state index is 15.7. The predicted molar refractivity (Wildman–Crippen MR) is 152 cm³/mol. The number of aliphatic carboxylic acids is 1. The van der Waals surface area contributed by atoms with Crippen molar-refractivity contribution in [3.8, 4) is 0 Å². The van der Waals surface area contributed by atoms with E-state index in [1.54, 1.807) is 40.7 Å². The van der Waals surface area contributed by atoms with Crippen LogP contribution in [0.15, 0.2) is 78.9 Å². The number of nitrogens with one attached hydrogen (secondary N) is 1. The fraction of sp³-hybridized carbons (Fsp3) is 0.375. The number of carboxylic acid groups (broad SMARTS) is 1. The van der Waals surface area contributed by atoms with Gasteiger partial charge in [0.2, 0.25) is 0 Å². The smallest absolute Gasteiger partial charge is 0.407 e. The molecule has 0 bridgehead atoms. The van der Waals surface area contributed by atoms with Gasteiger partial charge in [-0.3, -0.25) is 4.79 Å². The second-order valence-electron chi connectivity index (χ2n) is 11.6. The van der Waals surface area contributed by atoms with Crippen molar-refractivity contribution in [1.82, 2.24) is 5.32 Å². The molecule has 0 aliphatic rings. The van der Waals surface area contributed by atoms with Crippen molar-refractivity contribution < 1.29 is 23.8 Å². The van der Waals surface area contributed by atoms with E-state index in [2.05, 4.69) is 5.32 Å². The first-order valence-corrected chi connectivity index (χ1v) is 13.2. The van der Waals surface area contributed by atoms with Crippen molar-refractivity contribution in [1.29, 1.82) is 0 Å². The van der Waals surface area contributed by atoms with Crippen LogP contribution in [0, 0.1) is 11.2 Å². The second-order valence-corrected chi connectivity index (χ2v) is 11.6. The molecular weight excluding hydrogens is 495 g/mol. The van der Waals surface area contributed by atoms with Crippen molar-refractivity contribution in [3.63, 3.8) is 0 Å². The van der Waals surface area contributed by atoms with Gasteiger partial charge in [0.25, 0.3) is 0 Å². The molecule has 6 nitrogen and oxygen atoms in total. The minimum atomic E-state index is -1.10. The van der Waals surface area contributed by atoms with Gasteiger partial charge in [-0.2, -0.15) is 0 Å². The summed E-state index contributed by atoms with van der Waals surface area (Å²) in [5, 5.41) is 12.4. The molecule has 7 heteroatoms. The Bertz CT molecular complexity index is 1200. The Morgan fingerprint density at radius 1 is 0.872 bits per heavy atom. The number of carbonyl (C=O) groups excluding carboxylic acids is 1. The second kappa shape index (κ2) is 12.8. The summed E-state index contributed by atoms with van der Waals surface area (Å²) in [5.74, 6) is -1.36. The molecule has 39 heavy (non-hydrogen) atoms. The van der Waals surface area contributed by atoms with Crippen LogP contribution in [-0.4, -0.2) is 28.8 Å². The summed E-state index contributed by atoms with van der Waals surface area (Å²) in [4.78, 5) is 26.3. The lowest BCUT2D eigenvalue weighted by atomic mass is 9.84. The third-order valence-electron chi connectivity index (χ3n) is 6.32. The quantitative estimate of drug-likeness (QED) is 0.278. The standard InChI is InChI=1S/C32H39FN2O4/c1-31(2,3)39-30(38)34-26(20-32(4,5)29(36)37)18-25-16-17-28(27(33)19-25)35(21-23-12-8-6-9-13-23)22-24-14-10-7-11-15-24/h6-17,19,26H,18,20-22H2,1-5H3,(H,34,38)(H,36,37). The van der Waals surface area contributed by atoms with E-state index in [9.17, 15) is 14.7 Å². The Labute approximate surface area is 230 Å². The highest BCUT2D eigenvalue weighted by Crippen LogP contribution is 2.28. The van der Waals surface area contributed by atoms with Gasteiger partial charge in [0.15, 0.2) is 0 Å². The highest BCUT2D eigenvalue weighted by atomic mass is 19.1. The van der Waals surface area contributed by atoms with Crippen molar-refractivity contribution in [2.45, 2.75) is 72.2 Å². The van der Waals surface area contributed by atoms with Gasteiger partial charge in [0.1, 0.15) is 11.4 Å². The highest BCUT2D eigenvalue weighted by molar-refractivity contribution is 5.74. The molecule has 208 valence electrons. The Morgan fingerprint density at radius 2 is 1.41 bits per heavy atom. The summed E-state index contributed by atoms with van der Waals surface area (Å²) >= 11 is 0. The number of ether oxygens (including phenoxy) is 1. The number of carbonyl (C=O) groups is 2. The zero-order valence-corrected chi connectivity index (χ0v) is 23.4. The first-order valence-electron chi connectivity index (χ1n) is 13.2. The summed E-state index contributed by atoms with van der Waals surface area (Å²) in [6.07, 6.45) is -0.230. The number of anilines is 1. The number of amides is 1. The number of alkyl carbamates (subject to hydrolysis) is 1. The van der Waals surface area contributed by atoms with E-state index in [-0.39, 0.29) is 18.7 Å². The number of nitrogens with zero attached hydrogens (tertiary/aromatic N) is 1. The van der Waals surface area contributed by atoms with Crippen LogP contribution in [0.2, 0.25) is 0 Å². The normalized spacial score (nSPS) is 12.5. The maximum Gasteiger partial charge on any atom is 0.407 e. The van der Waals surface area contributed by atoms with E-state index in [0.29, 0.717) is 24.3 Å². The van der Waals surface area contributed by atoms with Crippen molar-refractivity contribution in [2.75, 3.05) is 4.90 Å². The van der Waals surface area contributed by atoms with Crippen LogP contribution in [0.5, 0.6) is 0 Å². The fourth-order valence-electron chi connectivity index (χ4n) is 4.40. The fourth-order valence-corrected chi connectivity index (χ4v) is 4.40. The molecule has 1 atom stereocenters. The number of rotatable bonds is 11. The summed E-state index contributed by atoms with van der Waals surface area (Å²) in [6, 6.07) is 24.3. The highest BCUT2D eigenvalue weighted by Gasteiger charge is 2.32. The Hall–Kier alpha value is -3.87. The van der Waals surface area contributed by atoms with Crippen LogP contribution in [0.1, 0.15) is 57.7 Å². The Morgan fingerprint density at radius 3 is 1.87 bits per heavy atom. The van der Waals surface area contributed by atoms with E-state index >= 15 is 4.39 Å². The maximum atomic E-state index is 15.7. The van der Waals surface area contributed by atoms with Gasteiger partial charge in [0, 0.05) is 19.1 Å². The zero-order valence-electron chi connectivity index (χ0n) is 23.4. The van der Waals surface area contributed by atoms with Crippen LogP contribution in [0.4, 0.5) is 14.9 Å². The number of halogens is 1. The minimum Gasteiger partial charge on any atom is -0.481 e. The molecule has 3 rings (SSSR count). The molecule has 0 fully saturated rings. The van der Waals surface area contributed by atoms with Crippen molar-refractivity contribution >= 4 is 17.7 Å². The molecule has 1 unspecified atom stereocenters. The molecule has 0 radical (unpaired) electrons. The van der Waals surface area contributed by atoms with Crippen molar-refractivity contribution in [2.24, 2.45) is 5.41 Å². The lowest BCUT2D eigenvalue weighted by Gasteiger charge is -2.29. The number of benzene rings is 3. The number of hydrogen-bond donors (Lipinski definition) is 2. The molecule has 0 saturated heterocycles. The molecule has 1 amide bonds. The van der Waals surface area contributed by atoms with Gasteiger partial charge in [-0.05, 0) is 76.3 Å². The zero-order chi connectivity index (χ0) is 28.6. The molecule has 0 saturated carbocycles. The van der Waals surface area contributed by atoms with Gasteiger partial charge in [-0.15, -0.1) is 0 Å². The summed E-state index contributed by atoms with van der Waals surface area (Å²) in [5.41, 5.74) is 1.45. The van der Waals surface area contributed by atoms with Crippen molar-refractivity contribution in [3.05, 3.63) is 101 Å². The van der Waals surface area contributed by atoms with Crippen LogP contribution in [-0.2, 0) is 29.0 Å². The van der Waals surface area contributed by atoms with E-state index in [0.717, 1.165) is 11.1 Å². The van der Waals surface area contributed by atoms with Gasteiger partial charge in [-0.1, -0.05) is 66.7 Å². The molecule has 0 heterocycles. The van der Waals surface area contributed by atoms with Crippen LogP contribution in [0.3, 0.4) is 0 Å². The van der Waals surface area contributed by atoms with E-state index < -0.39 is 29.1 Å². The molecule has 0 aromatic heterocycles. The third-order valence-corrected chi connectivity index (χ3v) is 6.32. The molecule has 3 aromatic rings. The van der Waals surface area contributed by atoms with Crippen LogP contribution in [0.25, 0.3) is 0 Å². The molecule has 0 aliphatic heterocycles. The molecule has 2 N–H and O–H groups in total.